The van der Waals surface area contributed by atoms with Gasteiger partial charge in [0.2, 0.25) is 0 Å². The van der Waals surface area contributed by atoms with Crippen molar-refractivity contribution in [2.45, 2.75) is 6.92 Å². The molecule has 1 N–H and O–H groups in total. The van der Waals surface area contributed by atoms with Crippen molar-refractivity contribution in [3.8, 4) is 0 Å². The van der Waals surface area contributed by atoms with Gasteiger partial charge in [0.25, 0.3) is 5.91 Å². The molecule has 0 fully saturated rings. The van der Waals surface area contributed by atoms with Gasteiger partial charge in [-0.2, -0.15) is 0 Å². The summed E-state index contributed by atoms with van der Waals surface area (Å²) in [7, 11) is 0. The largest absolute Gasteiger partial charge is 0.350 e. The highest BCUT2D eigenvalue weighted by Crippen LogP contribution is 2.01. The summed E-state index contributed by atoms with van der Waals surface area (Å²) in [5, 5.41) is 4.48. The molecule has 72 valence electrons. The molecule has 1 amide bonds. The van der Waals surface area contributed by atoms with Crippen LogP contribution in [0.3, 0.4) is 0 Å². The zero-order valence-electron chi connectivity index (χ0n) is 7.29. The van der Waals surface area contributed by atoms with Crippen LogP contribution in [0, 0.1) is 5.92 Å². The van der Waals surface area contributed by atoms with Crippen LogP contribution in [0.1, 0.15) is 17.4 Å². The predicted octanol–water partition coefficient (Wildman–Crippen LogP) is 1.75. The average molecular weight is 219 g/mol. The second-order valence-corrected chi connectivity index (χ2v) is 3.87. The lowest BCUT2D eigenvalue weighted by Gasteiger charge is -2.07. The predicted molar refractivity (Wildman–Crippen MR) is 54.3 cm³/mol. The molecule has 1 unspecified atom stereocenters. The first-order valence-electron chi connectivity index (χ1n) is 3.96. The zero-order chi connectivity index (χ0) is 9.68. The molecule has 0 aromatic carbocycles. The van der Waals surface area contributed by atoms with Crippen LogP contribution in [0.5, 0.6) is 0 Å². The monoisotopic (exact) mass is 218 g/mol. The van der Waals surface area contributed by atoms with E-state index in [1.807, 2.05) is 6.92 Å². The van der Waals surface area contributed by atoms with E-state index >= 15 is 0 Å². The minimum Gasteiger partial charge on any atom is -0.350 e. The van der Waals surface area contributed by atoms with Gasteiger partial charge in [-0.15, -0.1) is 22.9 Å². The first kappa shape index (κ1) is 10.5. The van der Waals surface area contributed by atoms with Crippen molar-refractivity contribution in [2.75, 3.05) is 12.4 Å². The number of hydrogen-bond acceptors (Lipinski definition) is 3. The number of thiazole rings is 1. The van der Waals surface area contributed by atoms with Gasteiger partial charge in [0.15, 0.2) is 0 Å². The Kier molecular flexibility index (Phi) is 4.18. The lowest BCUT2D eigenvalue weighted by molar-refractivity contribution is 0.0945. The number of rotatable bonds is 4. The summed E-state index contributed by atoms with van der Waals surface area (Å²) in [5.74, 6) is 0.722. The summed E-state index contributed by atoms with van der Waals surface area (Å²) in [5.41, 5.74) is 2.12. The summed E-state index contributed by atoms with van der Waals surface area (Å²) in [6.45, 7) is 2.58. The van der Waals surface area contributed by atoms with Gasteiger partial charge in [-0.1, -0.05) is 6.92 Å². The fraction of sp³-hybridized carbons (Fsp3) is 0.500. The van der Waals surface area contributed by atoms with E-state index < -0.39 is 0 Å². The minimum atomic E-state index is -0.127. The molecule has 0 radical (unpaired) electrons. The molecule has 0 aliphatic carbocycles. The molecule has 0 aliphatic rings. The van der Waals surface area contributed by atoms with Crippen molar-refractivity contribution >= 4 is 28.8 Å². The molecule has 1 heterocycles. The number of halogens is 1. The van der Waals surface area contributed by atoms with E-state index in [2.05, 4.69) is 10.3 Å². The Morgan fingerprint density at radius 2 is 2.62 bits per heavy atom. The van der Waals surface area contributed by atoms with Gasteiger partial charge in [0.1, 0.15) is 5.69 Å². The second kappa shape index (κ2) is 5.19. The molecule has 13 heavy (non-hydrogen) atoms. The maximum absolute atomic E-state index is 11.3. The number of hydrogen-bond donors (Lipinski definition) is 1. The molecule has 0 saturated carbocycles. The topological polar surface area (TPSA) is 42.0 Å². The third-order valence-electron chi connectivity index (χ3n) is 1.54. The summed E-state index contributed by atoms with van der Waals surface area (Å²) in [4.78, 5) is 15.2. The molecule has 0 aliphatic heterocycles. The third kappa shape index (κ3) is 3.32. The van der Waals surface area contributed by atoms with E-state index in [0.717, 1.165) is 0 Å². The highest BCUT2D eigenvalue weighted by Gasteiger charge is 2.08. The smallest absolute Gasteiger partial charge is 0.270 e. The van der Waals surface area contributed by atoms with Crippen LogP contribution in [-0.2, 0) is 0 Å². The number of nitrogens with zero attached hydrogens (tertiary/aromatic N) is 1. The van der Waals surface area contributed by atoms with Crippen LogP contribution in [0.15, 0.2) is 10.9 Å². The Morgan fingerprint density at radius 1 is 1.85 bits per heavy atom. The van der Waals surface area contributed by atoms with Gasteiger partial charge < -0.3 is 5.32 Å². The van der Waals surface area contributed by atoms with E-state index in [1.165, 1.54) is 11.3 Å². The summed E-state index contributed by atoms with van der Waals surface area (Å²) in [6, 6.07) is 0. The van der Waals surface area contributed by atoms with Crippen molar-refractivity contribution in [3.05, 3.63) is 16.6 Å². The Bertz CT molecular complexity index is 263. The van der Waals surface area contributed by atoms with E-state index in [0.29, 0.717) is 24.0 Å². The molecule has 1 rings (SSSR count). The molecule has 0 spiro atoms. The highest BCUT2D eigenvalue weighted by atomic mass is 35.5. The van der Waals surface area contributed by atoms with Crippen LogP contribution in [0.2, 0.25) is 0 Å². The SMILES string of the molecule is CC(CCl)CNC(=O)c1cscn1. The quantitative estimate of drug-likeness (QED) is 0.783. The van der Waals surface area contributed by atoms with E-state index in [-0.39, 0.29) is 5.91 Å². The Balaban J connectivity index is 2.35. The molecule has 5 heteroatoms. The second-order valence-electron chi connectivity index (χ2n) is 2.84. The van der Waals surface area contributed by atoms with Crippen molar-refractivity contribution in [3.63, 3.8) is 0 Å². The van der Waals surface area contributed by atoms with Crippen LogP contribution in [0.4, 0.5) is 0 Å². The Labute approximate surface area is 86.1 Å². The summed E-state index contributed by atoms with van der Waals surface area (Å²) < 4.78 is 0. The Hall–Kier alpha value is -0.610. The fourth-order valence-electron chi connectivity index (χ4n) is 0.737. The van der Waals surface area contributed by atoms with Gasteiger partial charge in [-0.25, -0.2) is 4.98 Å². The molecule has 1 aromatic heterocycles. The molecular formula is C8H11ClN2OS. The van der Waals surface area contributed by atoms with Crippen LogP contribution in [0.25, 0.3) is 0 Å². The molecule has 1 atom stereocenters. The number of aromatic nitrogens is 1. The number of nitrogens with one attached hydrogen (secondary N) is 1. The van der Waals surface area contributed by atoms with Gasteiger partial charge in [-0.3, -0.25) is 4.79 Å². The fourth-order valence-corrected chi connectivity index (χ4v) is 1.38. The van der Waals surface area contributed by atoms with E-state index in [9.17, 15) is 4.79 Å². The Morgan fingerprint density at radius 3 is 3.15 bits per heavy atom. The summed E-state index contributed by atoms with van der Waals surface area (Å²) >= 11 is 7.01. The normalized spacial score (nSPS) is 12.5. The first-order chi connectivity index (χ1) is 6.24. The van der Waals surface area contributed by atoms with Crippen molar-refractivity contribution in [2.24, 2.45) is 5.92 Å². The molecular weight excluding hydrogens is 208 g/mol. The maximum Gasteiger partial charge on any atom is 0.270 e. The van der Waals surface area contributed by atoms with Crippen LogP contribution >= 0.6 is 22.9 Å². The number of carbonyl (C=O) groups excluding carboxylic acids is 1. The number of alkyl halides is 1. The van der Waals surface area contributed by atoms with Gasteiger partial charge in [0.05, 0.1) is 5.51 Å². The van der Waals surface area contributed by atoms with Crippen molar-refractivity contribution in [1.82, 2.24) is 10.3 Å². The number of amides is 1. The third-order valence-corrected chi connectivity index (χ3v) is 2.65. The molecule has 1 aromatic rings. The summed E-state index contributed by atoms with van der Waals surface area (Å²) in [6.07, 6.45) is 0. The van der Waals surface area contributed by atoms with E-state index in [4.69, 9.17) is 11.6 Å². The number of carbonyl (C=O) groups is 1. The van der Waals surface area contributed by atoms with Gasteiger partial charge in [-0.05, 0) is 5.92 Å². The lowest BCUT2D eigenvalue weighted by atomic mass is 10.2. The average Bonchev–Trinajstić information content (AvgIpc) is 2.66. The van der Waals surface area contributed by atoms with Gasteiger partial charge >= 0.3 is 0 Å². The van der Waals surface area contributed by atoms with Crippen LogP contribution < -0.4 is 5.32 Å². The standard InChI is InChI=1S/C8H11ClN2OS/c1-6(2-9)3-10-8(12)7-4-13-5-11-7/h4-6H,2-3H2,1H3,(H,10,12). The molecule has 0 saturated heterocycles. The van der Waals surface area contributed by atoms with Gasteiger partial charge in [0, 0.05) is 17.8 Å². The zero-order valence-corrected chi connectivity index (χ0v) is 8.86. The lowest BCUT2D eigenvalue weighted by Crippen LogP contribution is -2.28. The van der Waals surface area contributed by atoms with Crippen molar-refractivity contribution in [1.29, 1.82) is 0 Å². The highest BCUT2D eigenvalue weighted by molar-refractivity contribution is 7.07. The van der Waals surface area contributed by atoms with Crippen molar-refractivity contribution < 1.29 is 4.79 Å². The molecule has 0 bridgehead atoms. The van der Waals surface area contributed by atoms with Crippen LogP contribution in [-0.4, -0.2) is 23.3 Å². The molecule has 3 nitrogen and oxygen atoms in total. The minimum absolute atomic E-state index is 0.127. The van der Waals surface area contributed by atoms with E-state index in [1.54, 1.807) is 10.9 Å². The maximum atomic E-state index is 11.3. The first-order valence-corrected chi connectivity index (χ1v) is 5.44.